The molecule has 1 aliphatic heterocycles. The number of rotatable bonds is 6. The van der Waals surface area contributed by atoms with Crippen molar-refractivity contribution in [3.63, 3.8) is 0 Å². The van der Waals surface area contributed by atoms with Gasteiger partial charge < -0.3 is 14.2 Å². The predicted molar refractivity (Wildman–Crippen MR) is 121 cm³/mol. The quantitative estimate of drug-likeness (QED) is 0.376. The van der Waals surface area contributed by atoms with Gasteiger partial charge in [-0.1, -0.05) is 47.5 Å². The van der Waals surface area contributed by atoms with E-state index in [-0.39, 0.29) is 11.6 Å². The molecule has 0 saturated carbocycles. The third-order valence-electron chi connectivity index (χ3n) is 4.68. The Kier molecular flexibility index (Phi) is 6.05. The van der Waals surface area contributed by atoms with E-state index in [2.05, 4.69) is 11.1 Å². The molecular weight excluding hydrogens is 414 g/mol. The molecule has 5 nitrogen and oxygen atoms in total. The first kappa shape index (κ1) is 20.7. The Morgan fingerprint density at radius 1 is 1.03 bits per heavy atom. The predicted octanol–water partition coefficient (Wildman–Crippen LogP) is 5.58. The average molecular weight is 434 g/mol. The number of esters is 1. The molecule has 1 heterocycles. The van der Waals surface area contributed by atoms with Crippen LogP contribution in [0.3, 0.4) is 0 Å². The van der Waals surface area contributed by atoms with Crippen LogP contribution in [0.25, 0.3) is 6.08 Å². The molecule has 0 fully saturated rings. The molecule has 0 radical (unpaired) electrons. The zero-order chi connectivity index (χ0) is 21.8. The number of methoxy groups -OCH3 is 1. The summed E-state index contributed by atoms with van der Waals surface area (Å²) in [5, 5.41) is 0.598. The summed E-state index contributed by atoms with van der Waals surface area (Å²) in [7, 11) is 1.58. The Morgan fingerprint density at radius 3 is 2.58 bits per heavy atom. The van der Waals surface area contributed by atoms with Crippen molar-refractivity contribution in [3.05, 3.63) is 99.7 Å². The number of benzene rings is 3. The molecule has 156 valence electrons. The summed E-state index contributed by atoms with van der Waals surface area (Å²) in [6.07, 6.45) is 1.65. The zero-order valence-corrected chi connectivity index (χ0v) is 17.8. The average Bonchev–Trinajstić information content (AvgIpc) is 3.13. The third-order valence-corrected chi connectivity index (χ3v) is 4.93. The van der Waals surface area contributed by atoms with Crippen LogP contribution in [-0.4, -0.2) is 19.0 Å². The Morgan fingerprint density at radius 2 is 1.84 bits per heavy atom. The molecule has 4 rings (SSSR count). The monoisotopic (exact) mass is 433 g/mol. The molecule has 0 bridgehead atoms. The molecule has 3 aromatic rings. The van der Waals surface area contributed by atoms with Crippen LogP contribution in [0.2, 0.25) is 5.02 Å². The van der Waals surface area contributed by atoms with Crippen molar-refractivity contribution < 1.29 is 19.0 Å². The van der Waals surface area contributed by atoms with Gasteiger partial charge in [0.25, 0.3) is 0 Å². The van der Waals surface area contributed by atoms with E-state index in [1.807, 2.05) is 37.3 Å². The van der Waals surface area contributed by atoms with E-state index in [0.717, 1.165) is 11.1 Å². The van der Waals surface area contributed by atoms with Gasteiger partial charge in [0.2, 0.25) is 5.90 Å². The van der Waals surface area contributed by atoms with Crippen molar-refractivity contribution in [1.29, 1.82) is 0 Å². The second-order valence-corrected chi connectivity index (χ2v) is 7.47. The lowest BCUT2D eigenvalue weighted by Gasteiger charge is -2.12. The molecule has 0 N–H and O–H groups in total. The van der Waals surface area contributed by atoms with Crippen LogP contribution < -0.4 is 9.47 Å². The van der Waals surface area contributed by atoms with Crippen molar-refractivity contribution in [3.8, 4) is 11.5 Å². The van der Waals surface area contributed by atoms with Crippen LogP contribution in [-0.2, 0) is 16.1 Å². The van der Waals surface area contributed by atoms with E-state index < -0.39 is 5.97 Å². The number of ether oxygens (including phenoxy) is 3. The molecule has 0 spiro atoms. The Bertz CT molecular complexity index is 1180. The molecule has 0 saturated heterocycles. The van der Waals surface area contributed by atoms with E-state index in [1.165, 1.54) is 5.56 Å². The summed E-state index contributed by atoms with van der Waals surface area (Å²) in [5.41, 5.74) is 3.88. The van der Waals surface area contributed by atoms with Gasteiger partial charge in [-0.15, -0.1) is 0 Å². The van der Waals surface area contributed by atoms with Crippen LogP contribution >= 0.6 is 11.6 Å². The second-order valence-electron chi connectivity index (χ2n) is 7.03. The molecule has 6 heteroatoms. The number of aryl methyl sites for hydroxylation is 1. The largest absolute Gasteiger partial charge is 0.493 e. The van der Waals surface area contributed by atoms with Crippen LogP contribution in [0, 0.1) is 6.92 Å². The summed E-state index contributed by atoms with van der Waals surface area (Å²) in [6, 6.07) is 20.5. The van der Waals surface area contributed by atoms with Gasteiger partial charge in [-0.3, -0.25) is 0 Å². The molecule has 0 aromatic heterocycles. The molecule has 1 aliphatic rings. The maximum absolute atomic E-state index is 12.3. The highest BCUT2D eigenvalue weighted by atomic mass is 35.5. The number of carbonyl (C=O) groups excluding carboxylic acids is 1. The SMILES string of the molecule is COc1cc(/C=C2/N=C(c3ccc(Cl)cc3)OC2=O)ccc1OCc1cccc(C)c1. The van der Waals surface area contributed by atoms with Crippen LogP contribution in [0.4, 0.5) is 0 Å². The minimum atomic E-state index is -0.510. The van der Waals surface area contributed by atoms with Crippen molar-refractivity contribution >= 4 is 29.5 Å². The van der Waals surface area contributed by atoms with Gasteiger partial charge in [-0.2, -0.15) is 0 Å². The number of cyclic esters (lactones) is 1. The molecule has 31 heavy (non-hydrogen) atoms. The van der Waals surface area contributed by atoms with Crippen LogP contribution in [0.5, 0.6) is 11.5 Å². The Labute approximate surface area is 185 Å². The topological polar surface area (TPSA) is 57.1 Å². The maximum Gasteiger partial charge on any atom is 0.363 e. The first-order valence-corrected chi connectivity index (χ1v) is 10.0. The van der Waals surface area contributed by atoms with Crippen molar-refractivity contribution in [1.82, 2.24) is 0 Å². The van der Waals surface area contributed by atoms with E-state index in [4.69, 9.17) is 25.8 Å². The van der Waals surface area contributed by atoms with E-state index in [0.29, 0.717) is 28.7 Å². The number of aliphatic imine (C=N–C) groups is 1. The summed E-state index contributed by atoms with van der Waals surface area (Å²) >= 11 is 5.91. The zero-order valence-electron chi connectivity index (χ0n) is 17.1. The van der Waals surface area contributed by atoms with Crippen LogP contribution in [0.1, 0.15) is 22.3 Å². The summed E-state index contributed by atoms with van der Waals surface area (Å²) < 4.78 is 16.7. The molecule has 0 unspecified atom stereocenters. The number of halogens is 1. The number of hydrogen-bond donors (Lipinski definition) is 0. The third kappa shape index (κ3) is 4.95. The maximum atomic E-state index is 12.3. The first-order chi connectivity index (χ1) is 15.0. The lowest BCUT2D eigenvalue weighted by Crippen LogP contribution is -2.05. The van der Waals surface area contributed by atoms with Crippen LogP contribution in [0.15, 0.2) is 77.4 Å². The Hall–Kier alpha value is -3.57. The fourth-order valence-corrected chi connectivity index (χ4v) is 3.27. The summed E-state index contributed by atoms with van der Waals surface area (Å²) in [6.45, 7) is 2.47. The van der Waals surface area contributed by atoms with E-state index >= 15 is 0 Å². The minimum Gasteiger partial charge on any atom is -0.493 e. The number of nitrogens with zero attached hydrogens (tertiary/aromatic N) is 1. The highest BCUT2D eigenvalue weighted by Crippen LogP contribution is 2.30. The smallest absolute Gasteiger partial charge is 0.363 e. The summed E-state index contributed by atoms with van der Waals surface area (Å²) in [4.78, 5) is 16.6. The van der Waals surface area contributed by atoms with Gasteiger partial charge in [0, 0.05) is 10.6 Å². The first-order valence-electron chi connectivity index (χ1n) is 9.67. The normalized spacial score (nSPS) is 14.4. The molecule has 0 aliphatic carbocycles. The fourth-order valence-electron chi connectivity index (χ4n) is 3.14. The lowest BCUT2D eigenvalue weighted by atomic mass is 10.1. The van der Waals surface area contributed by atoms with E-state index in [1.54, 1.807) is 43.5 Å². The highest BCUT2D eigenvalue weighted by Gasteiger charge is 2.24. The van der Waals surface area contributed by atoms with Crippen molar-refractivity contribution in [2.45, 2.75) is 13.5 Å². The fraction of sp³-hybridized carbons (Fsp3) is 0.120. The van der Waals surface area contributed by atoms with Gasteiger partial charge in [0.05, 0.1) is 7.11 Å². The van der Waals surface area contributed by atoms with Crippen molar-refractivity contribution in [2.75, 3.05) is 7.11 Å². The second kappa shape index (κ2) is 9.06. The molecule has 0 amide bonds. The summed E-state index contributed by atoms with van der Waals surface area (Å²) in [5.74, 6) is 0.919. The van der Waals surface area contributed by atoms with Gasteiger partial charge in [0.15, 0.2) is 17.2 Å². The molecular formula is C25H20ClNO4. The minimum absolute atomic E-state index is 0.209. The van der Waals surface area contributed by atoms with Gasteiger partial charge in [0.1, 0.15) is 6.61 Å². The van der Waals surface area contributed by atoms with Crippen molar-refractivity contribution in [2.24, 2.45) is 4.99 Å². The van der Waals surface area contributed by atoms with E-state index in [9.17, 15) is 4.79 Å². The lowest BCUT2D eigenvalue weighted by molar-refractivity contribution is -0.129. The van der Waals surface area contributed by atoms with Gasteiger partial charge in [-0.05, 0) is 60.5 Å². The Balaban J connectivity index is 1.53. The molecule has 0 atom stereocenters. The number of carbonyl (C=O) groups is 1. The standard InChI is InChI=1S/C25H20ClNO4/c1-16-4-3-5-18(12-16)15-30-22-11-6-17(14-23(22)29-2)13-21-25(28)31-24(27-21)19-7-9-20(26)10-8-19/h3-14H,15H2,1-2H3/b21-13+. The molecule has 3 aromatic carbocycles. The number of hydrogen-bond acceptors (Lipinski definition) is 5. The highest BCUT2D eigenvalue weighted by molar-refractivity contribution is 6.30. The van der Waals surface area contributed by atoms with Gasteiger partial charge >= 0.3 is 5.97 Å². The van der Waals surface area contributed by atoms with Gasteiger partial charge in [-0.25, -0.2) is 9.79 Å².